The van der Waals surface area contributed by atoms with Gasteiger partial charge < -0.3 is 15.6 Å². The average Bonchev–Trinajstić information content (AvgIpc) is 1.88. The van der Waals surface area contributed by atoms with E-state index in [1.165, 1.54) is 11.8 Å². The van der Waals surface area contributed by atoms with E-state index >= 15 is 0 Å². The first kappa shape index (κ1) is 9.94. The van der Waals surface area contributed by atoms with E-state index in [0.29, 0.717) is 11.5 Å². The Hall–Kier alpha value is -0.0600. The Labute approximate surface area is 65.0 Å². The maximum atomic E-state index is 9.83. The smallest absolute Gasteiger partial charge is 0.129 e. The minimum absolute atomic E-state index is 0.218. The number of aldehydes is 1. The zero-order valence-corrected chi connectivity index (χ0v) is 6.80. The van der Waals surface area contributed by atoms with E-state index in [2.05, 4.69) is 0 Å². The zero-order chi connectivity index (χ0) is 7.98. The Morgan fingerprint density at radius 2 is 2.40 bits per heavy atom. The molecule has 4 heteroatoms. The SMILES string of the molecule is CC(O)C(N)CSCC=O. The molecule has 60 valence electrons. The number of carbonyl (C=O) groups excluding carboxylic acids is 1. The summed E-state index contributed by atoms with van der Waals surface area (Å²) in [6, 6.07) is -0.218. The van der Waals surface area contributed by atoms with Gasteiger partial charge in [0.25, 0.3) is 0 Å². The molecule has 0 saturated carbocycles. The maximum Gasteiger partial charge on any atom is 0.129 e. The molecule has 2 atom stereocenters. The van der Waals surface area contributed by atoms with Crippen molar-refractivity contribution in [1.29, 1.82) is 0 Å². The average molecular weight is 163 g/mol. The quantitative estimate of drug-likeness (QED) is 0.428. The van der Waals surface area contributed by atoms with Gasteiger partial charge in [0.05, 0.1) is 6.10 Å². The molecule has 0 bridgehead atoms. The second kappa shape index (κ2) is 5.70. The summed E-state index contributed by atoms with van der Waals surface area (Å²) >= 11 is 1.44. The number of aliphatic hydroxyl groups excluding tert-OH is 1. The van der Waals surface area contributed by atoms with Gasteiger partial charge in [-0.3, -0.25) is 0 Å². The summed E-state index contributed by atoms with van der Waals surface area (Å²) in [5.74, 6) is 1.09. The van der Waals surface area contributed by atoms with Crippen LogP contribution in [0.25, 0.3) is 0 Å². The largest absolute Gasteiger partial charge is 0.392 e. The third kappa shape index (κ3) is 4.78. The lowest BCUT2D eigenvalue weighted by Crippen LogP contribution is -2.34. The van der Waals surface area contributed by atoms with Gasteiger partial charge in [0.15, 0.2) is 0 Å². The van der Waals surface area contributed by atoms with Gasteiger partial charge in [-0.15, -0.1) is 0 Å². The first-order valence-electron chi connectivity index (χ1n) is 3.13. The van der Waals surface area contributed by atoms with E-state index < -0.39 is 6.10 Å². The summed E-state index contributed by atoms with van der Waals surface area (Å²) in [4.78, 5) is 9.83. The van der Waals surface area contributed by atoms with Gasteiger partial charge in [-0.25, -0.2) is 0 Å². The molecule has 2 unspecified atom stereocenters. The van der Waals surface area contributed by atoms with Gasteiger partial charge in [-0.05, 0) is 6.92 Å². The van der Waals surface area contributed by atoms with Gasteiger partial charge in [-0.2, -0.15) is 11.8 Å². The number of thioether (sulfide) groups is 1. The van der Waals surface area contributed by atoms with Gasteiger partial charge in [-0.1, -0.05) is 0 Å². The molecule has 0 fully saturated rings. The Morgan fingerprint density at radius 1 is 1.80 bits per heavy atom. The molecule has 0 radical (unpaired) electrons. The van der Waals surface area contributed by atoms with Gasteiger partial charge in [0.2, 0.25) is 0 Å². The van der Waals surface area contributed by atoms with E-state index in [0.717, 1.165) is 6.29 Å². The normalized spacial score (nSPS) is 16.3. The van der Waals surface area contributed by atoms with E-state index in [1.807, 2.05) is 0 Å². The Balaban J connectivity index is 3.21. The molecule has 0 aliphatic rings. The topological polar surface area (TPSA) is 63.3 Å². The maximum absolute atomic E-state index is 9.83. The fraction of sp³-hybridized carbons (Fsp3) is 0.833. The summed E-state index contributed by atoms with van der Waals surface area (Å²) in [5, 5.41) is 8.89. The Morgan fingerprint density at radius 3 is 2.80 bits per heavy atom. The summed E-state index contributed by atoms with van der Waals surface area (Å²) in [7, 11) is 0. The summed E-state index contributed by atoms with van der Waals surface area (Å²) < 4.78 is 0. The van der Waals surface area contributed by atoms with Crippen LogP contribution in [0.4, 0.5) is 0 Å². The van der Waals surface area contributed by atoms with Crippen molar-refractivity contribution in [2.75, 3.05) is 11.5 Å². The molecule has 0 amide bonds. The van der Waals surface area contributed by atoms with Crippen molar-refractivity contribution in [3.05, 3.63) is 0 Å². The monoisotopic (exact) mass is 163 g/mol. The summed E-state index contributed by atoms with van der Waals surface area (Å²) in [6.45, 7) is 1.64. The lowest BCUT2D eigenvalue weighted by Gasteiger charge is -2.12. The molecule has 0 aromatic rings. The van der Waals surface area contributed by atoms with E-state index in [-0.39, 0.29) is 6.04 Å². The third-order valence-corrected chi connectivity index (χ3v) is 2.11. The molecule has 0 aliphatic heterocycles. The van der Waals surface area contributed by atoms with Gasteiger partial charge >= 0.3 is 0 Å². The molecular formula is C6H13NO2S. The summed E-state index contributed by atoms with van der Waals surface area (Å²) in [6.07, 6.45) is 0.346. The van der Waals surface area contributed by atoms with Crippen LogP contribution < -0.4 is 5.73 Å². The molecule has 0 heterocycles. The van der Waals surface area contributed by atoms with Gasteiger partial charge in [0.1, 0.15) is 6.29 Å². The fourth-order valence-corrected chi connectivity index (χ4v) is 1.17. The standard InChI is InChI=1S/C6H13NO2S/c1-5(9)6(7)4-10-3-2-8/h2,5-6,9H,3-4,7H2,1H3. The number of rotatable bonds is 5. The number of hydrogen-bond acceptors (Lipinski definition) is 4. The van der Waals surface area contributed by atoms with Crippen LogP contribution in [0.2, 0.25) is 0 Å². The first-order valence-corrected chi connectivity index (χ1v) is 4.29. The van der Waals surface area contributed by atoms with Gasteiger partial charge in [0, 0.05) is 17.5 Å². The number of nitrogens with two attached hydrogens (primary N) is 1. The van der Waals surface area contributed by atoms with Crippen molar-refractivity contribution in [3.8, 4) is 0 Å². The molecule has 0 aliphatic carbocycles. The number of carbonyl (C=O) groups is 1. The predicted octanol–water partition coefficient (Wildman–Crippen LogP) is -0.373. The van der Waals surface area contributed by atoms with Crippen molar-refractivity contribution >= 4 is 18.0 Å². The fourth-order valence-electron chi connectivity index (χ4n) is 0.391. The Bertz CT molecular complexity index is 97.7. The molecule has 10 heavy (non-hydrogen) atoms. The molecular weight excluding hydrogens is 150 g/mol. The minimum atomic E-state index is -0.487. The van der Waals surface area contributed by atoms with Crippen LogP contribution in [0.5, 0.6) is 0 Å². The molecule has 0 aromatic carbocycles. The highest BCUT2D eigenvalue weighted by Gasteiger charge is 2.07. The molecule has 0 spiro atoms. The highest BCUT2D eigenvalue weighted by atomic mass is 32.2. The van der Waals surface area contributed by atoms with Crippen LogP contribution in [0.3, 0.4) is 0 Å². The zero-order valence-electron chi connectivity index (χ0n) is 5.99. The lowest BCUT2D eigenvalue weighted by atomic mass is 10.2. The predicted molar refractivity (Wildman–Crippen MR) is 43.0 cm³/mol. The van der Waals surface area contributed by atoms with Crippen molar-refractivity contribution in [3.63, 3.8) is 0 Å². The second-order valence-corrected chi connectivity index (χ2v) is 3.18. The van der Waals surface area contributed by atoms with E-state index in [1.54, 1.807) is 6.92 Å². The van der Waals surface area contributed by atoms with Crippen LogP contribution >= 0.6 is 11.8 Å². The second-order valence-electron chi connectivity index (χ2n) is 2.11. The van der Waals surface area contributed by atoms with E-state index in [9.17, 15) is 4.79 Å². The molecule has 0 rings (SSSR count). The first-order chi connectivity index (χ1) is 4.68. The van der Waals surface area contributed by atoms with Crippen molar-refractivity contribution in [2.24, 2.45) is 5.73 Å². The highest BCUT2D eigenvalue weighted by molar-refractivity contribution is 7.99. The number of hydrogen-bond donors (Lipinski definition) is 2. The minimum Gasteiger partial charge on any atom is -0.392 e. The summed E-state index contributed by atoms with van der Waals surface area (Å²) in [5.41, 5.74) is 5.47. The number of aliphatic hydroxyl groups is 1. The van der Waals surface area contributed by atoms with Crippen LogP contribution in [0, 0.1) is 0 Å². The highest BCUT2D eigenvalue weighted by Crippen LogP contribution is 2.01. The molecule has 3 N–H and O–H groups in total. The Kier molecular flexibility index (Phi) is 5.67. The van der Waals surface area contributed by atoms with Crippen molar-refractivity contribution < 1.29 is 9.90 Å². The van der Waals surface area contributed by atoms with Crippen LogP contribution in [-0.2, 0) is 4.79 Å². The van der Waals surface area contributed by atoms with Crippen molar-refractivity contribution in [1.82, 2.24) is 0 Å². The third-order valence-electron chi connectivity index (χ3n) is 1.12. The molecule has 0 saturated heterocycles. The van der Waals surface area contributed by atoms with E-state index in [4.69, 9.17) is 10.8 Å². The van der Waals surface area contributed by atoms with Crippen molar-refractivity contribution in [2.45, 2.75) is 19.1 Å². The van der Waals surface area contributed by atoms with Crippen LogP contribution in [-0.4, -0.2) is 35.0 Å². The molecule has 0 aromatic heterocycles. The molecule has 3 nitrogen and oxygen atoms in total. The lowest BCUT2D eigenvalue weighted by molar-refractivity contribution is -0.105. The van der Waals surface area contributed by atoms with Crippen LogP contribution in [0.15, 0.2) is 0 Å². The van der Waals surface area contributed by atoms with Crippen LogP contribution in [0.1, 0.15) is 6.92 Å².